The zero-order chi connectivity index (χ0) is 14.1. The molecule has 1 saturated heterocycles. The van der Waals surface area contributed by atoms with Crippen LogP contribution >= 0.6 is 0 Å². The van der Waals surface area contributed by atoms with Gasteiger partial charge in [-0.25, -0.2) is 9.97 Å². The summed E-state index contributed by atoms with van der Waals surface area (Å²) in [5, 5.41) is 2.98. The molecule has 108 valence electrons. The van der Waals surface area contributed by atoms with E-state index in [1.165, 1.54) is 25.0 Å². The van der Waals surface area contributed by atoms with E-state index < -0.39 is 0 Å². The van der Waals surface area contributed by atoms with E-state index in [-0.39, 0.29) is 11.9 Å². The highest BCUT2D eigenvalue weighted by Gasteiger charge is 2.27. The molecule has 0 radical (unpaired) electrons. The fourth-order valence-corrected chi connectivity index (χ4v) is 2.98. The Balaban J connectivity index is 1.73. The van der Waals surface area contributed by atoms with Crippen LogP contribution in [0.5, 0.6) is 0 Å². The lowest BCUT2D eigenvalue weighted by Crippen LogP contribution is -2.36. The standard InChI is InChI=1S/C15H22N4O/c1-10-8-14(12-4-3-5-12)18-15(16-10)19-7-6-13(9-19)17-11(2)20/h8,12-13H,3-7,9H2,1-2H3,(H,17,20)/t13-/m0/s1. The maximum Gasteiger partial charge on any atom is 0.225 e. The second-order valence-electron chi connectivity index (χ2n) is 5.99. The number of carbonyl (C=O) groups excluding carboxylic acids is 1. The Labute approximate surface area is 119 Å². The third-order valence-electron chi connectivity index (χ3n) is 4.26. The number of carbonyl (C=O) groups is 1. The number of hydrogen-bond donors (Lipinski definition) is 1. The van der Waals surface area contributed by atoms with Crippen LogP contribution in [-0.4, -0.2) is 35.0 Å². The summed E-state index contributed by atoms with van der Waals surface area (Å²) in [5.41, 5.74) is 2.24. The zero-order valence-electron chi connectivity index (χ0n) is 12.2. The first kappa shape index (κ1) is 13.3. The molecule has 1 aromatic heterocycles. The van der Waals surface area contributed by atoms with Gasteiger partial charge in [-0.1, -0.05) is 6.42 Å². The predicted molar refractivity (Wildman–Crippen MR) is 77.8 cm³/mol. The van der Waals surface area contributed by atoms with Crippen molar-refractivity contribution in [2.24, 2.45) is 0 Å². The van der Waals surface area contributed by atoms with E-state index >= 15 is 0 Å². The van der Waals surface area contributed by atoms with E-state index in [1.807, 2.05) is 6.92 Å². The molecule has 0 unspecified atom stereocenters. The molecule has 5 heteroatoms. The summed E-state index contributed by atoms with van der Waals surface area (Å²) in [5.74, 6) is 1.50. The molecular weight excluding hydrogens is 252 g/mol. The van der Waals surface area contributed by atoms with Crippen LogP contribution in [0.4, 0.5) is 5.95 Å². The van der Waals surface area contributed by atoms with Crippen molar-refractivity contribution >= 4 is 11.9 Å². The molecule has 1 N–H and O–H groups in total. The summed E-state index contributed by atoms with van der Waals surface area (Å²) in [4.78, 5) is 22.6. The summed E-state index contributed by atoms with van der Waals surface area (Å²) in [6, 6.07) is 2.35. The van der Waals surface area contributed by atoms with Crippen LogP contribution < -0.4 is 10.2 Å². The molecule has 1 atom stereocenters. The summed E-state index contributed by atoms with van der Waals surface area (Å²) < 4.78 is 0. The summed E-state index contributed by atoms with van der Waals surface area (Å²) >= 11 is 0. The molecule has 0 spiro atoms. The molecule has 5 nitrogen and oxygen atoms in total. The van der Waals surface area contributed by atoms with Crippen molar-refractivity contribution in [2.75, 3.05) is 18.0 Å². The zero-order valence-corrected chi connectivity index (χ0v) is 12.2. The van der Waals surface area contributed by atoms with E-state index in [0.717, 1.165) is 31.2 Å². The predicted octanol–water partition coefficient (Wildman–Crippen LogP) is 1.77. The van der Waals surface area contributed by atoms with Crippen LogP contribution in [0, 0.1) is 6.92 Å². The van der Waals surface area contributed by atoms with Crippen LogP contribution in [-0.2, 0) is 4.79 Å². The number of rotatable bonds is 3. The lowest BCUT2D eigenvalue weighted by atomic mass is 9.83. The summed E-state index contributed by atoms with van der Waals surface area (Å²) in [7, 11) is 0. The van der Waals surface area contributed by atoms with Gasteiger partial charge in [-0.05, 0) is 32.3 Å². The van der Waals surface area contributed by atoms with Crippen molar-refractivity contribution in [3.8, 4) is 0 Å². The van der Waals surface area contributed by atoms with Crippen molar-refractivity contribution in [3.05, 3.63) is 17.5 Å². The van der Waals surface area contributed by atoms with Crippen LogP contribution in [0.15, 0.2) is 6.07 Å². The Kier molecular flexibility index (Phi) is 3.59. The van der Waals surface area contributed by atoms with Gasteiger partial charge in [0.2, 0.25) is 11.9 Å². The van der Waals surface area contributed by atoms with E-state index in [9.17, 15) is 4.79 Å². The van der Waals surface area contributed by atoms with Crippen molar-refractivity contribution < 1.29 is 4.79 Å². The lowest BCUT2D eigenvalue weighted by molar-refractivity contribution is -0.119. The average molecular weight is 274 g/mol. The number of amides is 1. The molecular formula is C15H22N4O. The van der Waals surface area contributed by atoms with Gasteiger partial charge in [-0.3, -0.25) is 4.79 Å². The largest absolute Gasteiger partial charge is 0.352 e. The average Bonchev–Trinajstić information content (AvgIpc) is 2.73. The fourth-order valence-electron chi connectivity index (χ4n) is 2.98. The topological polar surface area (TPSA) is 58.1 Å². The number of hydrogen-bond acceptors (Lipinski definition) is 4. The Morgan fingerprint density at radius 1 is 1.35 bits per heavy atom. The van der Waals surface area contributed by atoms with Crippen molar-refractivity contribution in [2.45, 2.75) is 51.5 Å². The minimum atomic E-state index is 0.0390. The van der Waals surface area contributed by atoms with Gasteiger partial charge in [0.05, 0.1) is 0 Å². The molecule has 2 aliphatic rings. The first-order valence-electron chi connectivity index (χ1n) is 7.49. The molecule has 0 bridgehead atoms. The molecule has 2 fully saturated rings. The highest BCUT2D eigenvalue weighted by molar-refractivity contribution is 5.73. The van der Waals surface area contributed by atoms with Gasteiger partial charge in [-0.2, -0.15) is 0 Å². The highest BCUT2D eigenvalue weighted by atomic mass is 16.1. The third-order valence-corrected chi connectivity index (χ3v) is 4.26. The van der Waals surface area contributed by atoms with Crippen LogP contribution in [0.2, 0.25) is 0 Å². The van der Waals surface area contributed by atoms with E-state index in [2.05, 4.69) is 21.3 Å². The maximum absolute atomic E-state index is 11.1. The lowest BCUT2D eigenvalue weighted by Gasteiger charge is -2.26. The van der Waals surface area contributed by atoms with Crippen LogP contribution in [0.3, 0.4) is 0 Å². The number of aryl methyl sites for hydroxylation is 1. The molecule has 1 aliphatic heterocycles. The SMILES string of the molecule is CC(=O)N[C@H]1CCN(c2nc(C)cc(C3CCC3)n2)C1. The first-order valence-corrected chi connectivity index (χ1v) is 7.49. The number of nitrogens with one attached hydrogen (secondary N) is 1. The van der Waals surface area contributed by atoms with Crippen molar-refractivity contribution in [1.82, 2.24) is 15.3 Å². The van der Waals surface area contributed by atoms with Gasteiger partial charge < -0.3 is 10.2 Å². The molecule has 1 aromatic rings. The van der Waals surface area contributed by atoms with Gasteiger partial charge in [0.25, 0.3) is 0 Å². The van der Waals surface area contributed by atoms with Crippen molar-refractivity contribution in [1.29, 1.82) is 0 Å². The second kappa shape index (κ2) is 5.38. The minimum absolute atomic E-state index is 0.0390. The molecule has 0 aromatic carbocycles. The maximum atomic E-state index is 11.1. The Hall–Kier alpha value is -1.65. The third kappa shape index (κ3) is 2.76. The molecule has 3 rings (SSSR count). The van der Waals surface area contributed by atoms with Gasteiger partial charge in [0.15, 0.2) is 0 Å². The smallest absolute Gasteiger partial charge is 0.225 e. The second-order valence-corrected chi connectivity index (χ2v) is 5.99. The van der Waals surface area contributed by atoms with E-state index in [1.54, 1.807) is 6.92 Å². The summed E-state index contributed by atoms with van der Waals surface area (Å²) in [6.45, 7) is 5.33. The van der Waals surface area contributed by atoms with Gasteiger partial charge in [0, 0.05) is 43.4 Å². The quantitative estimate of drug-likeness (QED) is 0.912. The van der Waals surface area contributed by atoms with Gasteiger partial charge >= 0.3 is 0 Å². The minimum Gasteiger partial charge on any atom is -0.352 e. The molecule has 1 saturated carbocycles. The summed E-state index contributed by atoms with van der Waals surface area (Å²) in [6.07, 6.45) is 4.79. The molecule has 1 amide bonds. The highest BCUT2D eigenvalue weighted by Crippen LogP contribution is 2.36. The Bertz CT molecular complexity index is 513. The van der Waals surface area contributed by atoms with Crippen LogP contribution in [0.25, 0.3) is 0 Å². The number of nitrogens with zero attached hydrogens (tertiary/aromatic N) is 3. The van der Waals surface area contributed by atoms with Gasteiger partial charge in [0.1, 0.15) is 0 Å². The molecule has 20 heavy (non-hydrogen) atoms. The van der Waals surface area contributed by atoms with Crippen LogP contribution in [0.1, 0.15) is 49.9 Å². The van der Waals surface area contributed by atoms with Gasteiger partial charge in [-0.15, -0.1) is 0 Å². The fraction of sp³-hybridized carbons (Fsp3) is 0.667. The Morgan fingerprint density at radius 2 is 2.15 bits per heavy atom. The monoisotopic (exact) mass is 274 g/mol. The normalized spacial score (nSPS) is 22.7. The number of anilines is 1. The number of aromatic nitrogens is 2. The molecule has 1 aliphatic carbocycles. The Morgan fingerprint density at radius 3 is 2.80 bits per heavy atom. The molecule has 2 heterocycles. The van der Waals surface area contributed by atoms with E-state index in [4.69, 9.17) is 4.98 Å². The van der Waals surface area contributed by atoms with E-state index in [0.29, 0.717) is 5.92 Å². The van der Waals surface area contributed by atoms with Crippen molar-refractivity contribution in [3.63, 3.8) is 0 Å². The first-order chi connectivity index (χ1) is 9.61.